The van der Waals surface area contributed by atoms with E-state index in [9.17, 15) is 0 Å². The van der Waals surface area contributed by atoms with Crippen LogP contribution in [0.25, 0.3) is 0 Å². The van der Waals surface area contributed by atoms with Gasteiger partial charge in [-0.3, -0.25) is 4.90 Å². The smallest absolute Gasteiger partial charge is 0.203 e. The third kappa shape index (κ3) is 3.97. The van der Waals surface area contributed by atoms with Gasteiger partial charge in [0.25, 0.3) is 0 Å². The molecule has 126 valence electrons. The zero-order valence-corrected chi connectivity index (χ0v) is 14.6. The summed E-state index contributed by atoms with van der Waals surface area (Å²) in [5.41, 5.74) is 7.19. The van der Waals surface area contributed by atoms with E-state index in [1.807, 2.05) is 12.1 Å². The molecule has 0 amide bonds. The molecule has 0 saturated carbocycles. The SMILES string of the molecule is COc1ccc(CN2CCC(N)C(C)C2)c(OC)c1OC.Cl. The number of methoxy groups -OCH3 is 3. The first-order valence-corrected chi connectivity index (χ1v) is 7.36. The molecule has 2 unspecified atom stereocenters. The molecule has 0 radical (unpaired) electrons. The van der Waals surface area contributed by atoms with E-state index >= 15 is 0 Å². The van der Waals surface area contributed by atoms with Crippen LogP contribution in [0.5, 0.6) is 17.2 Å². The van der Waals surface area contributed by atoms with Gasteiger partial charge in [-0.05, 0) is 24.9 Å². The van der Waals surface area contributed by atoms with Gasteiger partial charge in [-0.1, -0.05) is 13.0 Å². The summed E-state index contributed by atoms with van der Waals surface area (Å²) in [6.07, 6.45) is 1.04. The lowest BCUT2D eigenvalue weighted by Crippen LogP contribution is -2.45. The standard InChI is InChI=1S/C16H26N2O3.ClH/c1-11-9-18(8-7-13(11)17)10-12-5-6-14(19-2)16(21-4)15(12)20-3;/h5-6,11,13H,7-10,17H2,1-4H3;1H. The number of hydrogen-bond donors (Lipinski definition) is 1. The van der Waals surface area contributed by atoms with Crippen LogP contribution in [0.3, 0.4) is 0 Å². The van der Waals surface area contributed by atoms with Crippen LogP contribution in [0.15, 0.2) is 12.1 Å². The normalized spacial score (nSPS) is 21.9. The van der Waals surface area contributed by atoms with E-state index in [4.69, 9.17) is 19.9 Å². The highest BCUT2D eigenvalue weighted by atomic mass is 35.5. The summed E-state index contributed by atoms with van der Waals surface area (Å²) in [6.45, 7) is 5.07. The van der Waals surface area contributed by atoms with Gasteiger partial charge < -0.3 is 19.9 Å². The number of rotatable bonds is 5. The molecule has 22 heavy (non-hydrogen) atoms. The molecule has 2 rings (SSSR count). The van der Waals surface area contributed by atoms with Gasteiger partial charge in [0.05, 0.1) is 21.3 Å². The largest absolute Gasteiger partial charge is 0.493 e. The number of nitrogens with zero attached hydrogens (tertiary/aromatic N) is 1. The molecule has 2 atom stereocenters. The van der Waals surface area contributed by atoms with Crippen LogP contribution in [-0.2, 0) is 6.54 Å². The fourth-order valence-electron chi connectivity index (χ4n) is 2.92. The fraction of sp³-hybridized carbons (Fsp3) is 0.625. The molecule has 2 N–H and O–H groups in total. The van der Waals surface area contributed by atoms with Gasteiger partial charge in [0.1, 0.15) is 0 Å². The first-order chi connectivity index (χ1) is 10.1. The van der Waals surface area contributed by atoms with Crippen LogP contribution >= 0.6 is 12.4 Å². The van der Waals surface area contributed by atoms with Gasteiger partial charge in [0.15, 0.2) is 11.5 Å². The van der Waals surface area contributed by atoms with Gasteiger partial charge >= 0.3 is 0 Å². The maximum atomic E-state index is 6.09. The van der Waals surface area contributed by atoms with E-state index in [2.05, 4.69) is 11.8 Å². The zero-order chi connectivity index (χ0) is 15.4. The Morgan fingerprint density at radius 2 is 1.82 bits per heavy atom. The third-order valence-corrected chi connectivity index (χ3v) is 4.24. The van der Waals surface area contributed by atoms with E-state index in [1.54, 1.807) is 21.3 Å². The Hall–Kier alpha value is -1.17. The highest BCUT2D eigenvalue weighted by molar-refractivity contribution is 5.85. The minimum Gasteiger partial charge on any atom is -0.493 e. The summed E-state index contributed by atoms with van der Waals surface area (Å²) < 4.78 is 16.3. The molecular formula is C16H27ClN2O3. The van der Waals surface area contributed by atoms with Crippen molar-refractivity contribution in [1.82, 2.24) is 4.90 Å². The molecule has 0 bridgehead atoms. The molecule has 1 aliphatic rings. The third-order valence-electron chi connectivity index (χ3n) is 4.24. The maximum absolute atomic E-state index is 6.09. The number of piperidine rings is 1. The highest BCUT2D eigenvalue weighted by Gasteiger charge is 2.25. The Morgan fingerprint density at radius 1 is 1.14 bits per heavy atom. The highest BCUT2D eigenvalue weighted by Crippen LogP contribution is 2.40. The lowest BCUT2D eigenvalue weighted by molar-refractivity contribution is 0.156. The fourth-order valence-corrected chi connectivity index (χ4v) is 2.92. The first-order valence-electron chi connectivity index (χ1n) is 7.36. The second-order valence-electron chi connectivity index (χ2n) is 5.66. The number of nitrogens with two attached hydrogens (primary N) is 1. The Labute approximate surface area is 139 Å². The number of ether oxygens (including phenoxy) is 3. The monoisotopic (exact) mass is 330 g/mol. The van der Waals surface area contributed by atoms with Crippen LogP contribution in [0.2, 0.25) is 0 Å². The van der Waals surface area contributed by atoms with E-state index in [-0.39, 0.29) is 12.4 Å². The molecule has 6 heteroatoms. The maximum Gasteiger partial charge on any atom is 0.203 e. The summed E-state index contributed by atoms with van der Waals surface area (Å²) in [6, 6.07) is 4.28. The molecular weight excluding hydrogens is 304 g/mol. The van der Waals surface area contributed by atoms with E-state index in [0.29, 0.717) is 23.5 Å². The van der Waals surface area contributed by atoms with Crippen molar-refractivity contribution in [2.45, 2.75) is 25.9 Å². The van der Waals surface area contributed by atoms with Crippen LogP contribution < -0.4 is 19.9 Å². The molecule has 1 aliphatic heterocycles. The minimum absolute atomic E-state index is 0. The molecule has 0 aliphatic carbocycles. The van der Waals surface area contributed by atoms with Gasteiger partial charge in [0, 0.05) is 24.7 Å². The van der Waals surface area contributed by atoms with Crippen LogP contribution in [0.1, 0.15) is 18.9 Å². The predicted octanol–water partition coefficient (Wildman–Crippen LogP) is 2.30. The topological polar surface area (TPSA) is 57.0 Å². The van der Waals surface area contributed by atoms with Gasteiger partial charge in [-0.2, -0.15) is 0 Å². The van der Waals surface area contributed by atoms with Gasteiger partial charge in [-0.15, -0.1) is 12.4 Å². The molecule has 1 saturated heterocycles. The Kier molecular flexibility index (Phi) is 7.26. The van der Waals surface area contributed by atoms with Crippen molar-refractivity contribution < 1.29 is 14.2 Å². The van der Waals surface area contributed by atoms with Gasteiger partial charge in [0.2, 0.25) is 5.75 Å². The predicted molar refractivity (Wildman–Crippen MR) is 90.4 cm³/mol. The van der Waals surface area contributed by atoms with Crippen LogP contribution in [0, 0.1) is 5.92 Å². The number of benzene rings is 1. The molecule has 5 nitrogen and oxygen atoms in total. The molecule has 0 spiro atoms. The molecule has 1 heterocycles. The van der Waals surface area contributed by atoms with Crippen LogP contribution in [0.4, 0.5) is 0 Å². The average molecular weight is 331 g/mol. The van der Waals surface area contributed by atoms with Gasteiger partial charge in [-0.25, -0.2) is 0 Å². The lowest BCUT2D eigenvalue weighted by Gasteiger charge is -2.35. The van der Waals surface area contributed by atoms with Crippen molar-refractivity contribution in [1.29, 1.82) is 0 Å². The Bertz CT molecular complexity index is 485. The quantitative estimate of drug-likeness (QED) is 0.897. The molecule has 1 aromatic rings. The number of halogens is 1. The zero-order valence-electron chi connectivity index (χ0n) is 13.8. The number of hydrogen-bond acceptors (Lipinski definition) is 5. The summed E-state index contributed by atoms with van der Waals surface area (Å²) in [4.78, 5) is 2.41. The van der Waals surface area contributed by atoms with Crippen molar-refractivity contribution in [3.63, 3.8) is 0 Å². The van der Waals surface area contributed by atoms with Crippen molar-refractivity contribution >= 4 is 12.4 Å². The molecule has 0 aromatic heterocycles. The second-order valence-corrected chi connectivity index (χ2v) is 5.66. The first kappa shape index (κ1) is 18.9. The summed E-state index contributed by atoms with van der Waals surface area (Å²) >= 11 is 0. The van der Waals surface area contributed by atoms with Crippen molar-refractivity contribution in [3.05, 3.63) is 17.7 Å². The van der Waals surface area contributed by atoms with Crippen molar-refractivity contribution in [3.8, 4) is 17.2 Å². The lowest BCUT2D eigenvalue weighted by atomic mass is 9.94. The van der Waals surface area contributed by atoms with Crippen molar-refractivity contribution in [2.75, 3.05) is 34.4 Å². The average Bonchev–Trinajstić information content (AvgIpc) is 2.50. The Morgan fingerprint density at radius 3 is 2.36 bits per heavy atom. The van der Waals surface area contributed by atoms with E-state index in [0.717, 1.165) is 37.4 Å². The van der Waals surface area contributed by atoms with E-state index < -0.39 is 0 Å². The minimum atomic E-state index is 0. The molecule has 1 fully saturated rings. The Balaban J connectivity index is 0.00000242. The summed E-state index contributed by atoms with van der Waals surface area (Å²) in [7, 11) is 4.92. The van der Waals surface area contributed by atoms with E-state index in [1.165, 1.54) is 0 Å². The van der Waals surface area contributed by atoms with Crippen LogP contribution in [-0.4, -0.2) is 45.4 Å². The number of likely N-dealkylation sites (tertiary alicyclic amines) is 1. The summed E-state index contributed by atoms with van der Waals surface area (Å²) in [5, 5.41) is 0. The summed E-state index contributed by atoms with van der Waals surface area (Å²) in [5.74, 6) is 2.61. The molecule has 1 aromatic carbocycles. The van der Waals surface area contributed by atoms with Crippen molar-refractivity contribution in [2.24, 2.45) is 11.7 Å². The second kappa shape index (κ2) is 8.46.